The number of thiol groups is 1. The van der Waals surface area contributed by atoms with Crippen molar-refractivity contribution in [2.45, 2.75) is 20.0 Å². The second-order valence-corrected chi connectivity index (χ2v) is 4.74. The van der Waals surface area contributed by atoms with E-state index in [2.05, 4.69) is 23.3 Å². The number of carbonyl (C=O) groups is 2. The molecule has 0 saturated heterocycles. The molecule has 6 nitrogen and oxygen atoms in total. The predicted octanol–water partition coefficient (Wildman–Crippen LogP) is -0.224. The highest BCUT2D eigenvalue weighted by molar-refractivity contribution is 7.80. The minimum Gasteiger partial charge on any atom is -0.384 e. The topological polar surface area (TPSA) is 87.7 Å². The van der Waals surface area contributed by atoms with Gasteiger partial charge in [0.25, 0.3) is 5.91 Å². The number of methoxy groups -OCH3 is 1. The summed E-state index contributed by atoms with van der Waals surface area (Å²) in [4.78, 5) is 22.7. The molecule has 0 fully saturated rings. The Balaban J connectivity index is 4.26. The fraction of sp³-hybridized carbons (Fsp3) is 0.800. The Morgan fingerprint density at radius 3 is 2.53 bits per heavy atom. The third-order valence-electron chi connectivity index (χ3n) is 2.14. The summed E-state index contributed by atoms with van der Waals surface area (Å²) in [5.74, 6) is -0.275. The van der Waals surface area contributed by atoms with E-state index in [1.165, 1.54) is 7.11 Å². The second kappa shape index (κ2) is 7.52. The number of carbonyl (C=O) groups excluding carboxylic acids is 2. The lowest BCUT2D eigenvalue weighted by Gasteiger charge is -2.28. The molecule has 0 aromatic heterocycles. The van der Waals surface area contributed by atoms with E-state index < -0.39 is 23.5 Å². The van der Waals surface area contributed by atoms with Crippen LogP contribution < -0.4 is 10.6 Å². The molecule has 3 amide bonds. The molecule has 0 aliphatic heterocycles. The number of amides is 3. The highest BCUT2D eigenvalue weighted by atomic mass is 32.1. The van der Waals surface area contributed by atoms with Crippen molar-refractivity contribution in [3.63, 3.8) is 0 Å². The number of nitrogens with one attached hydrogen (secondary N) is 2. The lowest BCUT2D eigenvalue weighted by Crippen LogP contribution is -2.50. The number of ether oxygens (including phenoxy) is 1. The number of urea groups is 1. The molecule has 0 rings (SSSR count). The van der Waals surface area contributed by atoms with E-state index in [1.807, 2.05) is 0 Å². The summed E-state index contributed by atoms with van der Waals surface area (Å²) in [6.45, 7) is 3.90. The van der Waals surface area contributed by atoms with Crippen LogP contribution in [0.15, 0.2) is 0 Å². The summed E-state index contributed by atoms with van der Waals surface area (Å²) in [5, 5.41) is 14.2. The molecule has 0 spiro atoms. The summed E-state index contributed by atoms with van der Waals surface area (Å²) in [6, 6.07) is -0.642. The van der Waals surface area contributed by atoms with Gasteiger partial charge in [0.2, 0.25) is 0 Å². The average molecular weight is 264 g/mol. The van der Waals surface area contributed by atoms with E-state index in [0.29, 0.717) is 12.3 Å². The van der Waals surface area contributed by atoms with Crippen molar-refractivity contribution < 1.29 is 19.4 Å². The minimum atomic E-state index is -1.32. The molecule has 7 heteroatoms. The van der Waals surface area contributed by atoms with Crippen molar-refractivity contribution in [1.82, 2.24) is 10.6 Å². The zero-order chi connectivity index (χ0) is 13.5. The van der Waals surface area contributed by atoms with Gasteiger partial charge in [-0.15, -0.1) is 0 Å². The van der Waals surface area contributed by atoms with Gasteiger partial charge in [-0.25, -0.2) is 4.79 Å². The maximum absolute atomic E-state index is 11.5. The summed E-state index contributed by atoms with van der Waals surface area (Å²) < 4.78 is 4.90. The van der Waals surface area contributed by atoms with Gasteiger partial charge in [-0.2, -0.15) is 12.6 Å². The van der Waals surface area contributed by atoms with Crippen LogP contribution in [0, 0.1) is 5.41 Å². The number of imide groups is 1. The molecule has 0 aromatic rings. The quantitative estimate of drug-likeness (QED) is 0.499. The van der Waals surface area contributed by atoms with Crippen LogP contribution in [0.5, 0.6) is 0 Å². The first-order chi connectivity index (χ1) is 7.85. The number of aliphatic hydroxyl groups excluding tert-OH is 1. The van der Waals surface area contributed by atoms with Gasteiger partial charge in [0.05, 0.1) is 6.61 Å². The molecule has 0 aromatic carbocycles. The van der Waals surface area contributed by atoms with E-state index >= 15 is 0 Å². The molecule has 17 heavy (non-hydrogen) atoms. The van der Waals surface area contributed by atoms with Crippen LogP contribution in [-0.2, 0) is 9.53 Å². The normalized spacial score (nSPS) is 13.0. The maximum Gasteiger partial charge on any atom is 0.321 e. The zero-order valence-electron chi connectivity index (χ0n) is 10.3. The Kier molecular flexibility index (Phi) is 7.17. The van der Waals surface area contributed by atoms with Crippen LogP contribution in [0.2, 0.25) is 0 Å². The van der Waals surface area contributed by atoms with E-state index in [4.69, 9.17) is 4.74 Å². The summed E-state index contributed by atoms with van der Waals surface area (Å²) in [6.07, 6.45) is -1.32. The standard InChI is InChI=1S/C10H20N2O4S/c1-10(2,6-16-3)7(13)8(14)12-9(15)11-4-5-17/h7,13,17H,4-6H2,1-3H3,(H2,11,12,14,15)/t7-/m0/s1. The van der Waals surface area contributed by atoms with Crippen molar-refractivity contribution in [2.24, 2.45) is 5.41 Å². The largest absolute Gasteiger partial charge is 0.384 e. The summed E-state index contributed by atoms with van der Waals surface area (Å²) in [7, 11) is 1.48. The van der Waals surface area contributed by atoms with Crippen LogP contribution in [0.4, 0.5) is 4.79 Å². The maximum atomic E-state index is 11.5. The number of hydrogen-bond donors (Lipinski definition) is 4. The van der Waals surface area contributed by atoms with E-state index in [-0.39, 0.29) is 6.61 Å². The first-order valence-electron chi connectivity index (χ1n) is 5.21. The molecule has 0 bridgehead atoms. The monoisotopic (exact) mass is 264 g/mol. The first kappa shape index (κ1) is 16.2. The van der Waals surface area contributed by atoms with Crippen molar-refractivity contribution in [3.8, 4) is 0 Å². The molecule has 100 valence electrons. The Morgan fingerprint density at radius 1 is 1.47 bits per heavy atom. The van der Waals surface area contributed by atoms with Gasteiger partial charge in [-0.05, 0) is 0 Å². The summed E-state index contributed by atoms with van der Waals surface area (Å²) >= 11 is 3.91. The van der Waals surface area contributed by atoms with Gasteiger partial charge in [-0.3, -0.25) is 10.1 Å². The molecule has 0 unspecified atom stereocenters. The van der Waals surface area contributed by atoms with Crippen molar-refractivity contribution in [2.75, 3.05) is 26.0 Å². The van der Waals surface area contributed by atoms with Gasteiger partial charge in [0.15, 0.2) is 0 Å². The Labute approximate surface area is 107 Å². The molecular weight excluding hydrogens is 244 g/mol. The molecule has 3 N–H and O–H groups in total. The van der Waals surface area contributed by atoms with E-state index in [9.17, 15) is 14.7 Å². The summed E-state index contributed by atoms with van der Waals surface area (Å²) in [5.41, 5.74) is -0.761. The lowest BCUT2D eigenvalue weighted by molar-refractivity contribution is -0.136. The van der Waals surface area contributed by atoms with Crippen LogP contribution >= 0.6 is 12.6 Å². The minimum absolute atomic E-state index is 0.208. The van der Waals surface area contributed by atoms with Gasteiger partial charge >= 0.3 is 6.03 Å². The number of rotatable bonds is 6. The molecule has 0 aliphatic carbocycles. The number of hydrogen-bond acceptors (Lipinski definition) is 5. The Hall–Kier alpha value is -0.790. The van der Waals surface area contributed by atoms with Crippen molar-refractivity contribution in [3.05, 3.63) is 0 Å². The van der Waals surface area contributed by atoms with Crippen LogP contribution in [-0.4, -0.2) is 49.2 Å². The molecule has 0 radical (unpaired) electrons. The molecular formula is C10H20N2O4S. The Morgan fingerprint density at radius 2 is 2.06 bits per heavy atom. The first-order valence-corrected chi connectivity index (χ1v) is 5.85. The smallest absolute Gasteiger partial charge is 0.321 e. The third-order valence-corrected chi connectivity index (χ3v) is 2.36. The van der Waals surface area contributed by atoms with E-state index in [1.54, 1.807) is 13.8 Å². The van der Waals surface area contributed by atoms with Crippen LogP contribution in [0.1, 0.15) is 13.8 Å². The lowest BCUT2D eigenvalue weighted by atomic mass is 9.87. The molecule has 0 saturated carbocycles. The van der Waals surface area contributed by atoms with Gasteiger partial charge in [0.1, 0.15) is 6.10 Å². The second-order valence-electron chi connectivity index (χ2n) is 4.29. The highest BCUT2D eigenvalue weighted by Crippen LogP contribution is 2.20. The average Bonchev–Trinajstić information content (AvgIpc) is 2.25. The molecule has 0 aliphatic rings. The SMILES string of the molecule is COCC(C)(C)[C@@H](O)C(=O)NC(=O)NCCS. The molecule has 1 atom stereocenters. The fourth-order valence-corrected chi connectivity index (χ4v) is 1.31. The zero-order valence-corrected chi connectivity index (χ0v) is 11.2. The van der Waals surface area contributed by atoms with Crippen LogP contribution in [0.25, 0.3) is 0 Å². The van der Waals surface area contributed by atoms with Crippen molar-refractivity contribution >= 4 is 24.6 Å². The fourth-order valence-electron chi connectivity index (χ4n) is 1.20. The number of aliphatic hydroxyl groups is 1. The third kappa shape index (κ3) is 5.90. The predicted molar refractivity (Wildman–Crippen MR) is 67.1 cm³/mol. The van der Waals surface area contributed by atoms with Gasteiger partial charge in [0, 0.05) is 24.8 Å². The van der Waals surface area contributed by atoms with E-state index in [0.717, 1.165) is 0 Å². The van der Waals surface area contributed by atoms with Crippen LogP contribution in [0.3, 0.4) is 0 Å². The molecule has 0 heterocycles. The van der Waals surface area contributed by atoms with Gasteiger partial charge < -0.3 is 15.2 Å². The van der Waals surface area contributed by atoms with Gasteiger partial charge in [-0.1, -0.05) is 13.8 Å². The Bertz CT molecular complexity index is 271. The van der Waals surface area contributed by atoms with Crippen molar-refractivity contribution in [1.29, 1.82) is 0 Å². The highest BCUT2D eigenvalue weighted by Gasteiger charge is 2.34.